The zero-order valence-electron chi connectivity index (χ0n) is 10.2. The predicted octanol–water partition coefficient (Wildman–Crippen LogP) is 3.71. The molecule has 92 valence electrons. The zero-order valence-corrected chi connectivity index (χ0v) is 11.8. The van der Waals surface area contributed by atoms with Crippen LogP contribution >= 0.6 is 15.9 Å². The van der Waals surface area contributed by atoms with Crippen LogP contribution < -0.4 is 5.32 Å². The van der Waals surface area contributed by atoms with Gasteiger partial charge in [0.2, 0.25) is 0 Å². The molecular formula is C14H13BrN2O. The molecule has 0 atom stereocenters. The summed E-state index contributed by atoms with van der Waals surface area (Å²) >= 11 is 3.25. The molecule has 0 unspecified atom stereocenters. The quantitative estimate of drug-likeness (QED) is 0.859. The van der Waals surface area contributed by atoms with Gasteiger partial charge in [0.15, 0.2) is 0 Å². The molecule has 2 aromatic rings. The predicted molar refractivity (Wildman–Crippen MR) is 75.8 cm³/mol. The van der Waals surface area contributed by atoms with Crippen LogP contribution in [0.5, 0.6) is 0 Å². The second kappa shape index (κ2) is 5.31. The number of para-hydroxylation sites is 1. The number of rotatable bonds is 2. The van der Waals surface area contributed by atoms with Gasteiger partial charge in [0.25, 0.3) is 5.91 Å². The van der Waals surface area contributed by atoms with Gasteiger partial charge in [-0.2, -0.15) is 0 Å². The first-order valence-corrected chi connectivity index (χ1v) is 6.37. The Morgan fingerprint density at radius 1 is 1.11 bits per heavy atom. The lowest BCUT2D eigenvalue weighted by Gasteiger charge is -2.11. The van der Waals surface area contributed by atoms with Gasteiger partial charge in [-0.15, -0.1) is 0 Å². The Labute approximate surface area is 114 Å². The van der Waals surface area contributed by atoms with Crippen molar-refractivity contribution in [3.05, 3.63) is 57.8 Å². The topological polar surface area (TPSA) is 42.0 Å². The molecule has 0 saturated carbocycles. The number of nitrogens with one attached hydrogen (secondary N) is 1. The van der Waals surface area contributed by atoms with E-state index in [0.29, 0.717) is 10.3 Å². The Kier molecular flexibility index (Phi) is 3.77. The summed E-state index contributed by atoms with van der Waals surface area (Å²) in [6.07, 6.45) is 0. The number of hydrogen-bond acceptors (Lipinski definition) is 2. The molecule has 0 radical (unpaired) electrons. The van der Waals surface area contributed by atoms with Crippen molar-refractivity contribution < 1.29 is 4.79 Å². The Bertz CT molecular complexity index is 576. The molecule has 18 heavy (non-hydrogen) atoms. The fourth-order valence-electron chi connectivity index (χ4n) is 1.72. The van der Waals surface area contributed by atoms with Crippen molar-refractivity contribution in [3.63, 3.8) is 0 Å². The van der Waals surface area contributed by atoms with Crippen molar-refractivity contribution in [2.24, 2.45) is 0 Å². The number of hydrogen-bond donors (Lipinski definition) is 1. The number of aryl methyl sites for hydroxylation is 2. The van der Waals surface area contributed by atoms with Gasteiger partial charge >= 0.3 is 0 Å². The van der Waals surface area contributed by atoms with Crippen LogP contribution in [0, 0.1) is 13.8 Å². The summed E-state index contributed by atoms with van der Waals surface area (Å²) < 4.78 is 0.650. The Hall–Kier alpha value is -1.68. The first-order valence-electron chi connectivity index (χ1n) is 5.58. The molecule has 1 N–H and O–H groups in total. The van der Waals surface area contributed by atoms with E-state index in [1.54, 1.807) is 18.2 Å². The van der Waals surface area contributed by atoms with Crippen LogP contribution in [-0.4, -0.2) is 10.9 Å². The number of carbonyl (C=O) groups excluding carboxylic acids is 1. The van der Waals surface area contributed by atoms with Crippen LogP contribution in [0.4, 0.5) is 5.69 Å². The van der Waals surface area contributed by atoms with Gasteiger partial charge in [-0.1, -0.05) is 24.3 Å². The molecule has 0 saturated heterocycles. The fourth-order valence-corrected chi connectivity index (χ4v) is 2.07. The van der Waals surface area contributed by atoms with Crippen LogP contribution in [0.25, 0.3) is 0 Å². The summed E-state index contributed by atoms with van der Waals surface area (Å²) in [5, 5.41) is 2.90. The number of pyridine rings is 1. The number of carbonyl (C=O) groups is 1. The van der Waals surface area contributed by atoms with Crippen LogP contribution in [0.3, 0.4) is 0 Å². The van der Waals surface area contributed by atoms with Crippen molar-refractivity contribution in [3.8, 4) is 0 Å². The van der Waals surface area contributed by atoms with E-state index in [4.69, 9.17) is 0 Å². The lowest BCUT2D eigenvalue weighted by molar-refractivity contribution is 0.102. The number of benzene rings is 1. The van der Waals surface area contributed by atoms with Crippen LogP contribution in [0.15, 0.2) is 41.0 Å². The monoisotopic (exact) mass is 304 g/mol. The molecule has 1 aromatic heterocycles. The fraction of sp³-hybridized carbons (Fsp3) is 0.143. The molecule has 0 aliphatic rings. The number of halogens is 1. The standard InChI is InChI=1S/C14H13BrN2O/c1-9-5-3-6-10(2)13(9)17-14(18)11-7-4-8-12(15)16-11/h3-8H,1-2H3,(H,17,18). The van der Waals surface area contributed by atoms with E-state index < -0.39 is 0 Å². The molecule has 0 fully saturated rings. The first-order chi connectivity index (χ1) is 8.58. The molecular weight excluding hydrogens is 292 g/mol. The first kappa shape index (κ1) is 12.8. The van der Waals surface area contributed by atoms with E-state index in [-0.39, 0.29) is 5.91 Å². The third kappa shape index (κ3) is 2.76. The van der Waals surface area contributed by atoms with Crippen molar-refractivity contribution >= 4 is 27.5 Å². The number of aromatic nitrogens is 1. The molecule has 3 nitrogen and oxygen atoms in total. The molecule has 0 aliphatic heterocycles. The van der Waals surface area contributed by atoms with Gasteiger partial charge in [-0.3, -0.25) is 4.79 Å². The molecule has 0 spiro atoms. The summed E-state index contributed by atoms with van der Waals surface area (Å²) in [6.45, 7) is 3.94. The lowest BCUT2D eigenvalue weighted by Crippen LogP contribution is -2.15. The third-order valence-corrected chi connectivity index (χ3v) is 3.11. The van der Waals surface area contributed by atoms with Gasteiger partial charge < -0.3 is 5.32 Å². The maximum absolute atomic E-state index is 12.1. The normalized spacial score (nSPS) is 10.2. The van der Waals surface area contributed by atoms with Gasteiger partial charge in [-0.05, 0) is 53.0 Å². The Morgan fingerprint density at radius 3 is 2.33 bits per heavy atom. The van der Waals surface area contributed by atoms with Crippen molar-refractivity contribution in [1.82, 2.24) is 4.98 Å². The van der Waals surface area contributed by atoms with E-state index in [1.807, 2.05) is 32.0 Å². The maximum Gasteiger partial charge on any atom is 0.274 e. The largest absolute Gasteiger partial charge is 0.320 e. The summed E-state index contributed by atoms with van der Waals surface area (Å²) in [7, 11) is 0. The van der Waals surface area contributed by atoms with Crippen LogP contribution in [0.2, 0.25) is 0 Å². The van der Waals surface area contributed by atoms with Gasteiger partial charge in [-0.25, -0.2) is 4.98 Å². The summed E-state index contributed by atoms with van der Waals surface area (Å²) in [5.74, 6) is -0.200. The highest BCUT2D eigenvalue weighted by Gasteiger charge is 2.10. The van der Waals surface area contributed by atoms with E-state index in [1.165, 1.54) is 0 Å². The van der Waals surface area contributed by atoms with Crippen LogP contribution in [0.1, 0.15) is 21.6 Å². The van der Waals surface area contributed by atoms with Crippen LogP contribution in [-0.2, 0) is 0 Å². The van der Waals surface area contributed by atoms with Crippen molar-refractivity contribution in [1.29, 1.82) is 0 Å². The SMILES string of the molecule is Cc1cccc(C)c1NC(=O)c1cccc(Br)n1. The van der Waals surface area contributed by atoms with E-state index in [2.05, 4.69) is 26.2 Å². The molecule has 0 bridgehead atoms. The summed E-state index contributed by atoms with van der Waals surface area (Å²) in [5.41, 5.74) is 3.33. The minimum absolute atomic E-state index is 0.200. The third-order valence-electron chi connectivity index (χ3n) is 2.67. The average Bonchev–Trinajstić information content (AvgIpc) is 2.34. The number of anilines is 1. The van der Waals surface area contributed by atoms with Gasteiger partial charge in [0.1, 0.15) is 10.3 Å². The molecule has 1 heterocycles. The van der Waals surface area contributed by atoms with E-state index in [9.17, 15) is 4.79 Å². The highest BCUT2D eigenvalue weighted by Crippen LogP contribution is 2.20. The summed E-state index contributed by atoms with van der Waals surface area (Å²) in [6, 6.07) is 11.2. The molecule has 4 heteroatoms. The summed E-state index contributed by atoms with van der Waals surface area (Å²) in [4.78, 5) is 16.2. The Morgan fingerprint density at radius 2 is 1.72 bits per heavy atom. The minimum Gasteiger partial charge on any atom is -0.320 e. The van der Waals surface area contributed by atoms with E-state index >= 15 is 0 Å². The van der Waals surface area contributed by atoms with Crippen molar-refractivity contribution in [2.45, 2.75) is 13.8 Å². The molecule has 1 amide bonds. The molecule has 0 aliphatic carbocycles. The maximum atomic E-state index is 12.1. The highest BCUT2D eigenvalue weighted by molar-refractivity contribution is 9.10. The second-order valence-corrected chi connectivity index (χ2v) is 4.88. The number of nitrogens with zero attached hydrogens (tertiary/aromatic N) is 1. The molecule has 1 aromatic carbocycles. The van der Waals surface area contributed by atoms with Crippen molar-refractivity contribution in [2.75, 3.05) is 5.32 Å². The van der Waals surface area contributed by atoms with E-state index in [0.717, 1.165) is 16.8 Å². The lowest BCUT2D eigenvalue weighted by atomic mass is 10.1. The number of amides is 1. The second-order valence-electron chi connectivity index (χ2n) is 4.07. The highest BCUT2D eigenvalue weighted by atomic mass is 79.9. The van der Waals surface area contributed by atoms with Gasteiger partial charge in [0.05, 0.1) is 0 Å². The average molecular weight is 305 g/mol. The Balaban J connectivity index is 2.27. The smallest absolute Gasteiger partial charge is 0.274 e. The van der Waals surface area contributed by atoms with Gasteiger partial charge in [0, 0.05) is 5.69 Å². The zero-order chi connectivity index (χ0) is 13.1. The minimum atomic E-state index is -0.200. The molecule has 2 rings (SSSR count).